The molecule has 2 aromatic rings. The summed E-state index contributed by atoms with van der Waals surface area (Å²) < 4.78 is 27.8. The fourth-order valence-electron chi connectivity index (χ4n) is 1.33. The van der Waals surface area contributed by atoms with Crippen LogP contribution >= 0.6 is 0 Å². The molecule has 0 aromatic carbocycles. The standard InChI is InChI=1S/C8H14N8O2S/c1-9-2-3-16-6-7(4-10-16)19(17,18)11-5-8-12-14-15-13-8/h4,6,9,11H,2-3,5H2,1H3,(H,12,13,14,15). The molecule has 0 spiro atoms. The van der Waals surface area contributed by atoms with Gasteiger partial charge in [-0.25, -0.2) is 13.1 Å². The topological polar surface area (TPSA) is 130 Å². The molecule has 0 radical (unpaired) electrons. The van der Waals surface area contributed by atoms with Gasteiger partial charge < -0.3 is 5.32 Å². The number of aromatic nitrogens is 6. The minimum absolute atomic E-state index is 0.0273. The molecule has 0 aliphatic rings. The number of sulfonamides is 1. The van der Waals surface area contributed by atoms with Gasteiger partial charge in [0.15, 0.2) is 5.82 Å². The van der Waals surface area contributed by atoms with Crippen LogP contribution in [0.25, 0.3) is 0 Å². The van der Waals surface area contributed by atoms with E-state index in [9.17, 15) is 8.42 Å². The molecule has 0 fully saturated rings. The molecule has 0 saturated carbocycles. The number of nitrogens with zero attached hydrogens (tertiary/aromatic N) is 5. The predicted molar refractivity (Wildman–Crippen MR) is 64.4 cm³/mol. The lowest BCUT2D eigenvalue weighted by molar-refractivity contribution is 0.574. The number of likely N-dealkylation sites (N-methyl/N-ethyl adjacent to an activating group) is 1. The summed E-state index contributed by atoms with van der Waals surface area (Å²) in [5.74, 6) is 0.270. The lowest BCUT2D eigenvalue weighted by Crippen LogP contribution is -2.23. The molecule has 19 heavy (non-hydrogen) atoms. The largest absolute Gasteiger partial charge is 0.318 e. The van der Waals surface area contributed by atoms with E-state index in [-0.39, 0.29) is 17.3 Å². The number of aromatic amines is 1. The number of hydrogen-bond donors (Lipinski definition) is 3. The number of nitrogens with one attached hydrogen (secondary N) is 3. The highest BCUT2D eigenvalue weighted by molar-refractivity contribution is 7.89. The molecule has 0 amide bonds. The lowest BCUT2D eigenvalue weighted by atomic mass is 10.6. The maximum absolute atomic E-state index is 11.9. The number of H-pyrrole nitrogens is 1. The summed E-state index contributed by atoms with van der Waals surface area (Å²) in [6, 6.07) is 0. The van der Waals surface area contributed by atoms with Crippen molar-refractivity contribution in [2.45, 2.75) is 18.0 Å². The average molecular weight is 286 g/mol. The molecule has 3 N–H and O–H groups in total. The summed E-state index contributed by atoms with van der Waals surface area (Å²) in [6.07, 6.45) is 2.77. The molecule has 0 bridgehead atoms. The van der Waals surface area contributed by atoms with Crippen molar-refractivity contribution in [3.63, 3.8) is 0 Å². The Balaban J connectivity index is 2.00. The molecule has 2 rings (SSSR count). The molecule has 11 heteroatoms. The first-order chi connectivity index (χ1) is 9.12. The third-order valence-electron chi connectivity index (χ3n) is 2.32. The predicted octanol–water partition coefficient (Wildman–Crippen LogP) is -1.91. The Hall–Kier alpha value is -1.85. The Morgan fingerprint density at radius 1 is 1.47 bits per heavy atom. The molecule has 0 atom stereocenters. The van der Waals surface area contributed by atoms with Gasteiger partial charge in [-0.1, -0.05) is 5.21 Å². The van der Waals surface area contributed by atoms with E-state index in [1.54, 1.807) is 4.68 Å². The zero-order valence-electron chi connectivity index (χ0n) is 10.2. The summed E-state index contributed by atoms with van der Waals surface area (Å²) >= 11 is 0. The number of rotatable bonds is 7. The van der Waals surface area contributed by atoms with Crippen molar-refractivity contribution in [2.24, 2.45) is 0 Å². The van der Waals surface area contributed by atoms with Crippen molar-refractivity contribution in [1.29, 1.82) is 0 Å². The molecular formula is C8H14N8O2S. The summed E-state index contributed by atoms with van der Waals surface area (Å²) in [5.41, 5.74) is 0. The molecule has 10 nitrogen and oxygen atoms in total. The second-order valence-corrected chi connectivity index (χ2v) is 5.46. The van der Waals surface area contributed by atoms with Gasteiger partial charge in [0, 0.05) is 12.7 Å². The minimum Gasteiger partial charge on any atom is -0.318 e. The smallest absolute Gasteiger partial charge is 0.244 e. The van der Waals surface area contributed by atoms with Crippen LogP contribution in [-0.4, -0.2) is 52.4 Å². The van der Waals surface area contributed by atoms with Gasteiger partial charge in [-0.15, -0.1) is 10.2 Å². The van der Waals surface area contributed by atoms with E-state index in [1.165, 1.54) is 12.4 Å². The zero-order valence-corrected chi connectivity index (χ0v) is 11.1. The van der Waals surface area contributed by atoms with Crippen molar-refractivity contribution in [2.75, 3.05) is 13.6 Å². The highest BCUT2D eigenvalue weighted by atomic mass is 32.2. The van der Waals surface area contributed by atoms with Gasteiger partial charge in [0.2, 0.25) is 10.0 Å². The highest BCUT2D eigenvalue weighted by Crippen LogP contribution is 2.07. The van der Waals surface area contributed by atoms with Crippen LogP contribution in [-0.2, 0) is 23.1 Å². The van der Waals surface area contributed by atoms with Crippen LogP contribution in [0.3, 0.4) is 0 Å². The summed E-state index contributed by atoms with van der Waals surface area (Å²) in [5, 5.41) is 19.8. The van der Waals surface area contributed by atoms with E-state index < -0.39 is 10.0 Å². The van der Waals surface area contributed by atoms with Crippen LogP contribution in [0.1, 0.15) is 5.82 Å². The van der Waals surface area contributed by atoms with Gasteiger partial charge >= 0.3 is 0 Å². The Bertz CT molecular complexity index is 604. The maximum atomic E-state index is 11.9. The lowest BCUT2D eigenvalue weighted by Gasteiger charge is -2.01. The molecule has 0 aliphatic heterocycles. The molecule has 2 heterocycles. The maximum Gasteiger partial charge on any atom is 0.244 e. The first-order valence-corrected chi connectivity index (χ1v) is 6.99. The second-order valence-electron chi connectivity index (χ2n) is 3.70. The summed E-state index contributed by atoms with van der Waals surface area (Å²) in [7, 11) is -1.80. The van der Waals surface area contributed by atoms with Crippen molar-refractivity contribution < 1.29 is 8.42 Å². The molecule has 2 aromatic heterocycles. The van der Waals surface area contributed by atoms with Crippen molar-refractivity contribution in [3.05, 3.63) is 18.2 Å². The van der Waals surface area contributed by atoms with Crippen LogP contribution in [0.2, 0.25) is 0 Å². The summed E-state index contributed by atoms with van der Waals surface area (Å²) in [6.45, 7) is 1.27. The van der Waals surface area contributed by atoms with Crippen molar-refractivity contribution >= 4 is 10.0 Å². The third kappa shape index (κ3) is 3.56. The van der Waals surface area contributed by atoms with Gasteiger partial charge in [0.1, 0.15) is 4.90 Å². The van der Waals surface area contributed by atoms with Gasteiger partial charge in [0.05, 0.1) is 19.3 Å². The summed E-state index contributed by atoms with van der Waals surface area (Å²) in [4.78, 5) is 0.104. The zero-order chi connectivity index (χ0) is 13.7. The monoisotopic (exact) mass is 286 g/mol. The Morgan fingerprint density at radius 3 is 3.00 bits per heavy atom. The van der Waals surface area contributed by atoms with E-state index in [0.29, 0.717) is 13.1 Å². The molecule has 0 unspecified atom stereocenters. The molecule has 0 saturated heterocycles. The van der Waals surface area contributed by atoms with E-state index >= 15 is 0 Å². The molecular weight excluding hydrogens is 272 g/mol. The van der Waals surface area contributed by atoms with Crippen molar-refractivity contribution in [3.8, 4) is 0 Å². The van der Waals surface area contributed by atoms with E-state index in [1.807, 2.05) is 7.05 Å². The van der Waals surface area contributed by atoms with E-state index in [2.05, 4.69) is 35.8 Å². The van der Waals surface area contributed by atoms with Crippen LogP contribution < -0.4 is 10.0 Å². The Morgan fingerprint density at radius 2 is 2.32 bits per heavy atom. The average Bonchev–Trinajstić information content (AvgIpc) is 3.05. The first kappa shape index (κ1) is 13.6. The Kier molecular flexibility index (Phi) is 4.19. The fourth-order valence-corrected chi connectivity index (χ4v) is 2.26. The van der Waals surface area contributed by atoms with Crippen molar-refractivity contribution in [1.82, 2.24) is 40.4 Å². The van der Waals surface area contributed by atoms with Crippen LogP contribution in [0.4, 0.5) is 0 Å². The second kappa shape index (κ2) is 5.86. The molecule has 0 aliphatic carbocycles. The van der Waals surface area contributed by atoms with Crippen LogP contribution in [0.5, 0.6) is 0 Å². The fraction of sp³-hybridized carbons (Fsp3) is 0.500. The highest BCUT2D eigenvalue weighted by Gasteiger charge is 2.17. The SMILES string of the molecule is CNCCn1cc(S(=O)(=O)NCc2nn[nH]n2)cn1. The third-order valence-corrected chi connectivity index (χ3v) is 3.68. The number of tetrazole rings is 1. The van der Waals surface area contributed by atoms with Gasteiger partial charge in [-0.3, -0.25) is 4.68 Å². The van der Waals surface area contributed by atoms with Crippen LogP contribution in [0.15, 0.2) is 17.3 Å². The first-order valence-electron chi connectivity index (χ1n) is 5.51. The quantitative estimate of drug-likeness (QED) is 0.541. The van der Waals surface area contributed by atoms with Crippen LogP contribution in [0, 0.1) is 0 Å². The minimum atomic E-state index is -3.62. The van der Waals surface area contributed by atoms with Gasteiger partial charge in [-0.05, 0) is 7.05 Å². The Labute approximate surface area is 109 Å². The molecule has 104 valence electrons. The van der Waals surface area contributed by atoms with Gasteiger partial charge in [0.25, 0.3) is 0 Å². The normalized spacial score (nSPS) is 11.8. The number of hydrogen-bond acceptors (Lipinski definition) is 7. The van der Waals surface area contributed by atoms with E-state index in [4.69, 9.17) is 0 Å². The van der Waals surface area contributed by atoms with E-state index in [0.717, 1.165) is 0 Å². The van der Waals surface area contributed by atoms with Gasteiger partial charge in [-0.2, -0.15) is 10.3 Å².